The standard InChI is InChI=1S/C20H15Cl2N3O6S/c1-31-15-8-6-13(7-9-15)23-20(26)16-10-19(18(25(27)28)11-17(16)22)32(29,30)24-14-4-2-12(21)3-5-14/h2-11,24H,1H3,(H,23,26). The first-order valence-electron chi connectivity index (χ1n) is 8.82. The highest BCUT2D eigenvalue weighted by Gasteiger charge is 2.29. The lowest BCUT2D eigenvalue weighted by molar-refractivity contribution is -0.387. The van der Waals surface area contributed by atoms with Crippen LogP contribution in [0.1, 0.15) is 10.4 Å². The molecule has 166 valence electrons. The predicted octanol–water partition coefficient (Wildman–Crippen LogP) is 4.96. The molecule has 0 aliphatic carbocycles. The van der Waals surface area contributed by atoms with Crippen LogP contribution in [0.25, 0.3) is 0 Å². The molecule has 0 aromatic heterocycles. The van der Waals surface area contributed by atoms with Gasteiger partial charge in [0.05, 0.1) is 22.6 Å². The first-order valence-corrected chi connectivity index (χ1v) is 11.1. The van der Waals surface area contributed by atoms with Crippen LogP contribution in [0, 0.1) is 10.1 Å². The summed E-state index contributed by atoms with van der Waals surface area (Å²) in [7, 11) is -2.96. The van der Waals surface area contributed by atoms with Gasteiger partial charge in [0.1, 0.15) is 5.75 Å². The number of amides is 1. The Morgan fingerprint density at radius 1 is 1.00 bits per heavy atom. The molecular formula is C20H15Cl2N3O6S. The third-order valence-electron chi connectivity index (χ3n) is 4.22. The number of rotatable bonds is 7. The van der Waals surface area contributed by atoms with Crippen LogP contribution >= 0.6 is 23.2 Å². The Hall–Kier alpha value is -3.34. The van der Waals surface area contributed by atoms with Gasteiger partial charge in [0.15, 0.2) is 4.90 Å². The number of hydrogen-bond donors (Lipinski definition) is 2. The Morgan fingerprint density at radius 3 is 2.16 bits per heavy atom. The molecule has 0 saturated heterocycles. The van der Waals surface area contributed by atoms with Gasteiger partial charge in [0.2, 0.25) is 0 Å². The van der Waals surface area contributed by atoms with Crippen molar-refractivity contribution in [3.8, 4) is 5.75 Å². The summed E-state index contributed by atoms with van der Waals surface area (Å²) in [5.41, 5.74) is -0.529. The highest BCUT2D eigenvalue weighted by Crippen LogP contribution is 2.32. The Labute approximate surface area is 193 Å². The van der Waals surface area contributed by atoms with Crippen molar-refractivity contribution >= 4 is 56.2 Å². The molecular weight excluding hydrogens is 481 g/mol. The van der Waals surface area contributed by atoms with E-state index in [1.54, 1.807) is 24.3 Å². The van der Waals surface area contributed by atoms with E-state index in [0.29, 0.717) is 16.5 Å². The minimum atomic E-state index is -4.45. The van der Waals surface area contributed by atoms with Crippen LogP contribution in [0.5, 0.6) is 5.75 Å². The van der Waals surface area contributed by atoms with Gasteiger partial charge in [0.25, 0.3) is 21.6 Å². The van der Waals surface area contributed by atoms with E-state index in [1.807, 2.05) is 0 Å². The Balaban J connectivity index is 1.99. The largest absolute Gasteiger partial charge is 0.497 e. The minimum absolute atomic E-state index is 0.128. The van der Waals surface area contributed by atoms with Gasteiger partial charge in [-0.25, -0.2) is 8.42 Å². The van der Waals surface area contributed by atoms with Crippen LogP contribution in [0.15, 0.2) is 65.6 Å². The van der Waals surface area contributed by atoms with E-state index in [4.69, 9.17) is 27.9 Å². The number of halogens is 2. The van der Waals surface area contributed by atoms with Gasteiger partial charge < -0.3 is 10.1 Å². The topological polar surface area (TPSA) is 128 Å². The van der Waals surface area contributed by atoms with E-state index in [0.717, 1.165) is 12.1 Å². The molecule has 0 bridgehead atoms. The van der Waals surface area contributed by atoms with Crippen LogP contribution in [0.2, 0.25) is 10.0 Å². The van der Waals surface area contributed by atoms with Crippen molar-refractivity contribution in [1.82, 2.24) is 0 Å². The second-order valence-electron chi connectivity index (χ2n) is 6.35. The van der Waals surface area contributed by atoms with Crippen LogP contribution < -0.4 is 14.8 Å². The quantitative estimate of drug-likeness (QED) is 0.352. The zero-order chi connectivity index (χ0) is 23.5. The molecule has 3 rings (SSSR count). The van der Waals surface area contributed by atoms with E-state index in [1.165, 1.54) is 31.4 Å². The summed E-state index contributed by atoms with van der Waals surface area (Å²) in [6.45, 7) is 0. The molecule has 0 fully saturated rings. The summed E-state index contributed by atoms with van der Waals surface area (Å²) in [5.74, 6) is -0.184. The van der Waals surface area contributed by atoms with E-state index in [-0.39, 0.29) is 16.3 Å². The number of methoxy groups -OCH3 is 1. The maximum atomic E-state index is 12.9. The summed E-state index contributed by atoms with van der Waals surface area (Å²) in [6, 6.07) is 13.7. The van der Waals surface area contributed by atoms with Gasteiger partial charge >= 0.3 is 0 Å². The molecule has 12 heteroatoms. The SMILES string of the molecule is COc1ccc(NC(=O)c2cc(S(=O)(=O)Nc3ccc(Cl)cc3)c([N+](=O)[O-])cc2Cl)cc1. The minimum Gasteiger partial charge on any atom is -0.497 e. The maximum Gasteiger partial charge on any atom is 0.291 e. The maximum absolute atomic E-state index is 12.9. The first-order chi connectivity index (χ1) is 15.1. The van der Waals surface area contributed by atoms with Crippen LogP contribution in [0.3, 0.4) is 0 Å². The monoisotopic (exact) mass is 495 g/mol. The van der Waals surface area contributed by atoms with Crippen LogP contribution in [0.4, 0.5) is 17.1 Å². The predicted molar refractivity (Wildman–Crippen MR) is 121 cm³/mol. The summed E-state index contributed by atoms with van der Waals surface area (Å²) < 4.78 is 33.0. The highest BCUT2D eigenvalue weighted by atomic mass is 35.5. The number of ether oxygens (including phenoxy) is 1. The fourth-order valence-electron chi connectivity index (χ4n) is 2.68. The molecule has 0 atom stereocenters. The summed E-state index contributed by atoms with van der Waals surface area (Å²) in [6.07, 6.45) is 0. The molecule has 0 heterocycles. The fourth-order valence-corrected chi connectivity index (χ4v) is 4.28. The lowest BCUT2D eigenvalue weighted by Crippen LogP contribution is -2.18. The summed E-state index contributed by atoms with van der Waals surface area (Å²) in [4.78, 5) is 22.6. The molecule has 3 aromatic carbocycles. The van der Waals surface area contributed by atoms with Crippen molar-refractivity contribution < 1.29 is 22.9 Å². The number of nitro groups is 1. The molecule has 2 N–H and O–H groups in total. The number of carbonyl (C=O) groups is 1. The van der Waals surface area contributed by atoms with Crippen LogP contribution in [-0.2, 0) is 10.0 Å². The first kappa shape index (κ1) is 23.3. The third kappa shape index (κ3) is 5.28. The Bertz CT molecular complexity index is 1280. The third-order valence-corrected chi connectivity index (χ3v) is 6.20. The summed E-state index contributed by atoms with van der Waals surface area (Å²) in [5, 5.41) is 14.1. The van der Waals surface area contributed by atoms with Gasteiger partial charge in [-0.15, -0.1) is 0 Å². The lowest BCUT2D eigenvalue weighted by atomic mass is 10.2. The molecule has 9 nitrogen and oxygen atoms in total. The van der Waals surface area contributed by atoms with Crippen molar-refractivity contribution in [2.24, 2.45) is 0 Å². The molecule has 0 radical (unpaired) electrons. The zero-order valence-electron chi connectivity index (χ0n) is 16.3. The van der Waals surface area contributed by atoms with E-state index in [9.17, 15) is 23.3 Å². The van der Waals surface area contributed by atoms with Gasteiger partial charge in [-0.05, 0) is 54.6 Å². The molecule has 3 aromatic rings. The van der Waals surface area contributed by atoms with Crippen molar-refractivity contribution in [3.63, 3.8) is 0 Å². The molecule has 32 heavy (non-hydrogen) atoms. The smallest absolute Gasteiger partial charge is 0.291 e. The molecule has 0 aliphatic rings. The molecule has 0 spiro atoms. The lowest BCUT2D eigenvalue weighted by Gasteiger charge is -2.12. The molecule has 0 unspecified atom stereocenters. The van der Waals surface area contributed by atoms with Gasteiger partial charge in [-0.3, -0.25) is 19.6 Å². The number of hydrogen-bond acceptors (Lipinski definition) is 6. The number of nitrogens with zero attached hydrogens (tertiary/aromatic N) is 1. The van der Waals surface area contributed by atoms with E-state index >= 15 is 0 Å². The van der Waals surface area contributed by atoms with Crippen molar-refractivity contribution in [3.05, 3.63) is 86.4 Å². The molecule has 1 amide bonds. The fraction of sp³-hybridized carbons (Fsp3) is 0.0500. The average molecular weight is 496 g/mol. The van der Waals surface area contributed by atoms with Crippen molar-refractivity contribution in [2.75, 3.05) is 17.1 Å². The average Bonchev–Trinajstić information content (AvgIpc) is 2.75. The Kier molecular flexibility index (Phi) is 6.87. The van der Waals surface area contributed by atoms with Crippen molar-refractivity contribution in [1.29, 1.82) is 0 Å². The second-order valence-corrected chi connectivity index (χ2v) is 8.85. The van der Waals surface area contributed by atoms with Gasteiger partial charge in [0, 0.05) is 22.5 Å². The molecule has 0 saturated carbocycles. The Morgan fingerprint density at radius 2 is 1.59 bits per heavy atom. The normalized spacial score (nSPS) is 11.0. The second kappa shape index (κ2) is 9.43. The number of carbonyl (C=O) groups excluding carboxylic acids is 1. The number of sulfonamides is 1. The number of anilines is 2. The number of benzene rings is 3. The summed E-state index contributed by atoms with van der Waals surface area (Å²) >= 11 is 11.9. The van der Waals surface area contributed by atoms with Crippen LogP contribution in [-0.4, -0.2) is 26.4 Å². The number of nitrogens with one attached hydrogen (secondary N) is 2. The van der Waals surface area contributed by atoms with Crippen molar-refractivity contribution in [2.45, 2.75) is 4.90 Å². The number of nitro benzene ring substituents is 1. The highest BCUT2D eigenvalue weighted by molar-refractivity contribution is 7.92. The van der Waals surface area contributed by atoms with E-state index in [2.05, 4.69) is 10.0 Å². The zero-order valence-corrected chi connectivity index (χ0v) is 18.7. The molecule has 0 aliphatic heterocycles. The van der Waals surface area contributed by atoms with E-state index < -0.39 is 31.4 Å². The van der Waals surface area contributed by atoms with Gasteiger partial charge in [-0.2, -0.15) is 0 Å². The van der Waals surface area contributed by atoms with Gasteiger partial charge in [-0.1, -0.05) is 23.2 Å².